The molecule has 1 N–H and O–H groups in total. The van der Waals surface area contributed by atoms with Gasteiger partial charge in [-0.15, -0.1) is 0 Å². The van der Waals surface area contributed by atoms with Gasteiger partial charge >= 0.3 is 12.1 Å². The Labute approximate surface area is 114 Å². The van der Waals surface area contributed by atoms with Gasteiger partial charge in [-0.1, -0.05) is 6.42 Å². The molecule has 2 aliphatic carbocycles. The summed E-state index contributed by atoms with van der Waals surface area (Å²) in [5, 5.41) is 2.87. The van der Waals surface area contributed by atoms with Crippen LogP contribution in [0, 0.1) is 11.3 Å². The molecule has 108 valence electrons. The molecule has 2 unspecified atom stereocenters. The Morgan fingerprint density at radius 1 is 1.26 bits per heavy atom. The van der Waals surface area contributed by atoms with E-state index in [1.54, 1.807) is 0 Å². The van der Waals surface area contributed by atoms with Crippen molar-refractivity contribution in [1.82, 2.24) is 5.32 Å². The standard InChI is InChI=1S/C14H23NO4/c1-13(2,3)19-12(17)15-10-9(11(16)18-4)8-14(10)6-5-7-14/h9-10H,5-8H2,1-4H3,(H,15,17). The molecular formula is C14H23NO4. The molecule has 2 fully saturated rings. The molecule has 0 bridgehead atoms. The maximum atomic E-state index is 11.9. The van der Waals surface area contributed by atoms with Crippen LogP contribution >= 0.6 is 0 Å². The van der Waals surface area contributed by atoms with E-state index in [2.05, 4.69) is 5.32 Å². The quantitative estimate of drug-likeness (QED) is 0.781. The number of hydrogen-bond donors (Lipinski definition) is 1. The molecule has 1 spiro atoms. The second kappa shape index (κ2) is 4.69. The Morgan fingerprint density at radius 3 is 2.32 bits per heavy atom. The van der Waals surface area contributed by atoms with Gasteiger partial charge in [-0.3, -0.25) is 4.79 Å². The van der Waals surface area contributed by atoms with E-state index in [9.17, 15) is 9.59 Å². The topological polar surface area (TPSA) is 64.6 Å². The predicted octanol–water partition coefficient (Wildman–Crippen LogP) is 2.24. The van der Waals surface area contributed by atoms with Crippen molar-refractivity contribution in [1.29, 1.82) is 0 Å². The van der Waals surface area contributed by atoms with E-state index in [0.29, 0.717) is 0 Å². The highest BCUT2D eigenvalue weighted by Crippen LogP contribution is 2.58. The zero-order valence-electron chi connectivity index (χ0n) is 12.1. The van der Waals surface area contributed by atoms with Crippen LogP contribution in [-0.4, -0.2) is 30.8 Å². The van der Waals surface area contributed by atoms with Crippen molar-refractivity contribution in [2.24, 2.45) is 11.3 Å². The first-order valence-corrected chi connectivity index (χ1v) is 6.85. The van der Waals surface area contributed by atoms with Crippen LogP contribution in [0.25, 0.3) is 0 Å². The first-order valence-electron chi connectivity index (χ1n) is 6.85. The van der Waals surface area contributed by atoms with Gasteiger partial charge in [0.2, 0.25) is 0 Å². The molecule has 0 radical (unpaired) electrons. The van der Waals surface area contributed by atoms with Crippen molar-refractivity contribution in [2.75, 3.05) is 7.11 Å². The molecule has 0 saturated heterocycles. The van der Waals surface area contributed by atoms with Crippen LogP contribution in [0.2, 0.25) is 0 Å². The molecular weight excluding hydrogens is 246 g/mol. The molecule has 2 rings (SSSR count). The molecule has 2 aliphatic rings. The van der Waals surface area contributed by atoms with Gasteiger partial charge in [-0.25, -0.2) is 4.79 Å². The van der Waals surface area contributed by atoms with Crippen molar-refractivity contribution < 1.29 is 19.1 Å². The van der Waals surface area contributed by atoms with E-state index in [-0.39, 0.29) is 23.3 Å². The molecule has 1 amide bonds. The van der Waals surface area contributed by atoms with Gasteiger partial charge in [0, 0.05) is 0 Å². The van der Waals surface area contributed by atoms with Crippen LogP contribution in [0.5, 0.6) is 0 Å². The van der Waals surface area contributed by atoms with Gasteiger partial charge in [0.25, 0.3) is 0 Å². The summed E-state index contributed by atoms with van der Waals surface area (Å²) < 4.78 is 10.1. The van der Waals surface area contributed by atoms with Crippen LogP contribution in [0.15, 0.2) is 0 Å². The summed E-state index contributed by atoms with van der Waals surface area (Å²) in [6.45, 7) is 5.47. The Bertz CT molecular complexity index is 381. The number of carbonyl (C=O) groups is 2. The SMILES string of the molecule is COC(=O)C1CC2(CCC2)C1NC(=O)OC(C)(C)C. The van der Waals surface area contributed by atoms with Gasteiger partial charge in [-0.05, 0) is 45.4 Å². The van der Waals surface area contributed by atoms with Crippen molar-refractivity contribution in [3.8, 4) is 0 Å². The largest absolute Gasteiger partial charge is 0.469 e. The number of alkyl carbamates (subject to hydrolysis) is 1. The lowest BCUT2D eigenvalue weighted by Gasteiger charge is -2.59. The summed E-state index contributed by atoms with van der Waals surface area (Å²) in [6, 6.07) is -0.136. The van der Waals surface area contributed by atoms with Crippen molar-refractivity contribution in [3.63, 3.8) is 0 Å². The van der Waals surface area contributed by atoms with Gasteiger partial charge in [0.1, 0.15) is 5.60 Å². The predicted molar refractivity (Wildman–Crippen MR) is 69.6 cm³/mol. The summed E-state index contributed by atoms with van der Waals surface area (Å²) in [4.78, 5) is 23.5. The van der Waals surface area contributed by atoms with Crippen LogP contribution in [0.4, 0.5) is 4.79 Å². The average Bonchev–Trinajstić information content (AvgIpc) is 2.19. The minimum atomic E-state index is -0.526. The minimum absolute atomic E-state index is 0.107. The number of nitrogens with one attached hydrogen (secondary N) is 1. The highest BCUT2D eigenvalue weighted by molar-refractivity contribution is 5.77. The van der Waals surface area contributed by atoms with Crippen molar-refractivity contribution in [2.45, 2.75) is 58.1 Å². The molecule has 2 saturated carbocycles. The molecule has 19 heavy (non-hydrogen) atoms. The maximum absolute atomic E-state index is 11.9. The molecule has 0 aliphatic heterocycles. The van der Waals surface area contributed by atoms with Crippen LogP contribution in [0.3, 0.4) is 0 Å². The van der Waals surface area contributed by atoms with Gasteiger partial charge in [0.05, 0.1) is 19.1 Å². The Hall–Kier alpha value is -1.26. The van der Waals surface area contributed by atoms with E-state index in [4.69, 9.17) is 9.47 Å². The van der Waals surface area contributed by atoms with Gasteiger partial charge < -0.3 is 14.8 Å². The molecule has 2 atom stereocenters. The normalized spacial score (nSPS) is 28.0. The van der Waals surface area contributed by atoms with E-state index in [1.165, 1.54) is 13.5 Å². The molecule has 0 aromatic heterocycles. The summed E-state index contributed by atoms with van der Waals surface area (Å²) in [5.74, 6) is -0.462. The molecule has 0 aromatic carbocycles. The second-order valence-electron chi connectivity index (χ2n) is 6.67. The number of ether oxygens (including phenoxy) is 2. The molecule has 0 heterocycles. The lowest BCUT2D eigenvalue weighted by molar-refractivity contribution is -0.163. The summed E-state index contributed by atoms with van der Waals surface area (Å²) in [6.07, 6.45) is 3.68. The van der Waals surface area contributed by atoms with E-state index < -0.39 is 11.7 Å². The Kier molecular flexibility index (Phi) is 3.49. The number of methoxy groups -OCH3 is 1. The fourth-order valence-electron chi connectivity index (χ4n) is 3.15. The van der Waals surface area contributed by atoms with Crippen LogP contribution in [-0.2, 0) is 14.3 Å². The fraction of sp³-hybridized carbons (Fsp3) is 0.857. The highest BCUT2D eigenvalue weighted by Gasteiger charge is 2.60. The van der Waals surface area contributed by atoms with Crippen molar-refractivity contribution >= 4 is 12.1 Å². The third kappa shape index (κ3) is 2.69. The number of esters is 1. The Balaban J connectivity index is 1.98. The monoisotopic (exact) mass is 269 g/mol. The van der Waals surface area contributed by atoms with Gasteiger partial charge in [-0.2, -0.15) is 0 Å². The first-order chi connectivity index (χ1) is 8.77. The van der Waals surface area contributed by atoms with Crippen molar-refractivity contribution in [3.05, 3.63) is 0 Å². The smallest absolute Gasteiger partial charge is 0.407 e. The van der Waals surface area contributed by atoms with Crippen LogP contribution in [0.1, 0.15) is 46.5 Å². The zero-order valence-corrected chi connectivity index (χ0v) is 12.1. The van der Waals surface area contributed by atoms with E-state index in [1.807, 2.05) is 20.8 Å². The molecule has 5 nitrogen and oxygen atoms in total. The average molecular weight is 269 g/mol. The number of carbonyl (C=O) groups excluding carboxylic acids is 2. The second-order valence-corrected chi connectivity index (χ2v) is 6.67. The Morgan fingerprint density at radius 2 is 1.89 bits per heavy atom. The summed E-state index contributed by atoms with van der Waals surface area (Å²) in [7, 11) is 1.39. The number of amides is 1. The fourth-order valence-corrected chi connectivity index (χ4v) is 3.15. The van der Waals surface area contributed by atoms with Crippen LogP contribution < -0.4 is 5.32 Å². The molecule has 0 aromatic rings. The number of hydrogen-bond acceptors (Lipinski definition) is 4. The van der Waals surface area contributed by atoms with Gasteiger partial charge in [0.15, 0.2) is 0 Å². The summed E-state index contributed by atoms with van der Waals surface area (Å²) >= 11 is 0. The first kappa shape index (κ1) is 14.2. The summed E-state index contributed by atoms with van der Waals surface area (Å²) in [5.41, 5.74) is -0.420. The lowest BCUT2D eigenvalue weighted by Crippen LogP contribution is -2.66. The third-order valence-corrected chi connectivity index (χ3v) is 4.21. The minimum Gasteiger partial charge on any atom is -0.469 e. The molecule has 5 heteroatoms. The third-order valence-electron chi connectivity index (χ3n) is 4.21. The highest BCUT2D eigenvalue weighted by atomic mass is 16.6. The van der Waals surface area contributed by atoms with E-state index in [0.717, 1.165) is 19.3 Å². The maximum Gasteiger partial charge on any atom is 0.407 e. The number of rotatable bonds is 2. The zero-order chi connectivity index (χ0) is 14.3. The van der Waals surface area contributed by atoms with E-state index >= 15 is 0 Å². The lowest BCUT2D eigenvalue weighted by atomic mass is 9.48.